The molecule has 26 heavy (non-hydrogen) atoms. The molecule has 0 aliphatic heterocycles. The lowest BCUT2D eigenvalue weighted by Gasteiger charge is -2.10. The number of aromatic amines is 1. The van der Waals surface area contributed by atoms with Crippen LogP contribution in [0.3, 0.4) is 0 Å². The second kappa shape index (κ2) is 9.02. The quantitative estimate of drug-likeness (QED) is 0.340. The van der Waals surface area contributed by atoms with Gasteiger partial charge in [-0.25, -0.2) is 0 Å². The van der Waals surface area contributed by atoms with Crippen LogP contribution in [0.1, 0.15) is 16.9 Å². The molecule has 2 heterocycles. The molecule has 0 atom stereocenters. The first-order chi connectivity index (χ1) is 12.7. The minimum atomic E-state index is 0.0273. The number of H-pyrrole nitrogens is 1. The van der Waals surface area contributed by atoms with Gasteiger partial charge in [0, 0.05) is 37.0 Å². The van der Waals surface area contributed by atoms with Crippen molar-refractivity contribution in [1.82, 2.24) is 19.7 Å². The van der Waals surface area contributed by atoms with Crippen molar-refractivity contribution in [3.8, 4) is 11.4 Å². The van der Waals surface area contributed by atoms with Crippen LogP contribution in [0.4, 0.5) is 0 Å². The number of nitrogens with zero attached hydrogens (tertiary/aromatic N) is 3. The Morgan fingerprint density at radius 2 is 2.08 bits per heavy atom. The monoisotopic (exact) mass is 390 g/mol. The fourth-order valence-corrected chi connectivity index (χ4v) is 3.46. The number of rotatable bonds is 9. The topological polar surface area (TPSA) is 72.8 Å². The van der Waals surface area contributed by atoms with Crippen LogP contribution in [0.2, 0.25) is 5.02 Å². The zero-order valence-corrected chi connectivity index (χ0v) is 15.9. The number of thioether (sulfide) groups is 1. The number of aromatic nitrogens is 4. The Morgan fingerprint density at radius 1 is 1.27 bits per heavy atom. The highest BCUT2D eigenvalue weighted by molar-refractivity contribution is 7.99. The van der Waals surface area contributed by atoms with Crippen LogP contribution >= 0.6 is 23.4 Å². The lowest BCUT2D eigenvalue weighted by Crippen LogP contribution is -2.07. The molecule has 0 bridgehead atoms. The Hall–Kier alpha value is -2.09. The first kappa shape index (κ1) is 18.7. The van der Waals surface area contributed by atoms with Crippen molar-refractivity contribution in [3.63, 3.8) is 0 Å². The molecule has 136 valence electrons. The maximum atomic E-state index is 12.2. The summed E-state index contributed by atoms with van der Waals surface area (Å²) >= 11 is 7.36. The molecule has 0 unspecified atom stereocenters. The Labute approximate surface area is 160 Å². The molecule has 0 radical (unpaired) electrons. The summed E-state index contributed by atoms with van der Waals surface area (Å²) in [6, 6.07) is 11.1. The van der Waals surface area contributed by atoms with Crippen molar-refractivity contribution in [2.75, 3.05) is 19.5 Å². The summed E-state index contributed by atoms with van der Waals surface area (Å²) in [5.74, 6) is 1.08. The van der Waals surface area contributed by atoms with Crippen LogP contribution in [0, 0.1) is 0 Å². The Bertz CT molecular complexity index is 847. The van der Waals surface area contributed by atoms with E-state index in [0.29, 0.717) is 34.8 Å². The Kier molecular flexibility index (Phi) is 6.49. The zero-order valence-electron chi connectivity index (χ0n) is 14.3. The van der Waals surface area contributed by atoms with E-state index in [1.54, 1.807) is 19.4 Å². The molecule has 0 amide bonds. The van der Waals surface area contributed by atoms with Crippen molar-refractivity contribution in [3.05, 3.63) is 53.3 Å². The SMILES string of the molecule is COCCCn1c(SCC(=O)c2ccc[nH]2)nnc1-c1ccc(Cl)cc1. The summed E-state index contributed by atoms with van der Waals surface area (Å²) in [6.07, 6.45) is 2.57. The fraction of sp³-hybridized carbons (Fsp3) is 0.278. The van der Waals surface area contributed by atoms with E-state index in [-0.39, 0.29) is 5.78 Å². The predicted octanol–water partition coefficient (Wildman–Crippen LogP) is 3.94. The maximum absolute atomic E-state index is 12.2. The molecule has 0 aliphatic carbocycles. The smallest absolute Gasteiger partial charge is 0.191 e. The molecule has 6 nitrogen and oxygen atoms in total. The summed E-state index contributed by atoms with van der Waals surface area (Å²) in [7, 11) is 1.68. The predicted molar refractivity (Wildman–Crippen MR) is 103 cm³/mol. The van der Waals surface area contributed by atoms with Crippen molar-refractivity contribution < 1.29 is 9.53 Å². The van der Waals surface area contributed by atoms with Gasteiger partial charge in [-0.1, -0.05) is 23.4 Å². The Morgan fingerprint density at radius 3 is 2.77 bits per heavy atom. The molecule has 0 fully saturated rings. The van der Waals surface area contributed by atoms with Gasteiger partial charge in [0.2, 0.25) is 0 Å². The molecule has 0 aliphatic rings. The standard InChI is InChI=1S/C18H19ClN4O2S/c1-25-11-3-10-23-17(13-5-7-14(19)8-6-13)21-22-18(23)26-12-16(24)15-4-2-9-20-15/h2,4-9,20H,3,10-12H2,1H3. The molecule has 1 aromatic carbocycles. The third kappa shape index (κ3) is 4.55. The molecule has 0 spiro atoms. The van der Waals surface area contributed by atoms with E-state index in [0.717, 1.165) is 17.8 Å². The molecule has 0 saturated heterocycles. The molecule has 1 N–H and O–H groups in total. The third-order valence-electron chi connectivity index (χ3n) is 3.78. The fourth-order valence-electron chi connectivity index (χ4n) is 2.49. The number of ether oxygens (including phenoxy) is 1. The number of benzene rings is 1. The van der Waals surface area contributed by atoms with E-state index >= 15 is 0 Å². The van der Waals surface area contributed by atoms with Crippen LogP contribution in [-0.4, -0.2) is 45.0 Å². The summed E-state index contributed by atoms with van der Waals surface area (Å²) in [6.45, 7) is 1.35. The van der Waals surface area contributed by atoms with Gasteiger partial charge in [-0.15, -0.1) is 10.2 Å². The van der Waals surface area contributed by atoms with E-state index in [9.17, 15) is 4.79 Å². The highest BCUT2D eigenvalue weighted by Crippen LogP contribution is 2.26. The summed E-state index contributed by atoms with van der Waals surface area (Å²) in [4.78, 5) is 15.2. The number of hydrogen-bond donors (Lipinski definition) is 1. The zero-order chi connectivity index (χ0) is 18.4. The number of nitrogens with one attached hydrogen (secondary N) is 1. The summed E-state index contributed by atoms with van der Waals surface area (Å²) < 4.78 is 7.17. The number of carbonyl (C=O) groups is 1. The highest BCUT2D eigenvalue weighted by Gasteiger charge is 2.16. The third-order valence-corrected chi connectivity index (χ3v) is 5.00. The van der Waals surface area contributed by atoms with Crippen molar-refractivity contribution in [2.45, 2.75) is 18.1 Å². The lowest BCUT2D eigenvalue weighted by molar-refractivity contribution is 0.101. The van der Waals surface area contributed by atoms with Crippen LogP contribution in [-0.2, 0) is 11.3 Å². The summed E-state index contributed by atoms with van der Waals surface area (Å²) in [5, 5.41) is 10.00. The number of Topliss-reactive ketones (excluding diaryl/α,β-unsaturated/α-hetero) is 1. The van der Waals surface area contributed by atoms with Crippen LogP contribution in [0.25, 0.3) is 11.4 Å². The summed E-state index contributed by atoms with van der Waals surface area (Å²) in [5.41, 5.74) is 1.53. The number of hydrogen-bond acceptors (Lipinski definition) is 5. The first-order valence-electron chi connectivity index (χ1n) is 8.16. The number of ketones is 1. The molecule has 3 rings (SSSR count). The van der Waals surface area contributed by atoms with Gasteiger partial charge in [0.05, 0.1) is 11.4 Å². The van der Waals surface area contributed by atoms with Gasteiger partial charge in [0.25, 0.3) is 0 Å². The maximum Gasteiger partial charge on any atom is 0.191 e. The second-order valence-corrected chi connectivity index (χ2v) is 6.99. The molecule has 0 saturated carbocycles. The van der Waals surface area contributed by atoms with Crippen molar-refractivity contribution >= 4 is 29.1 Å². The second-order valence-electron chi connectivity index (χ2n) is 5.61. The van der Waals surface area contributed by atoms with Gasteiger partial charge < -0.3 is 14.3 Å². The molecule has 8 heteroatoms. The van der Waals surface area contributed by atoms with Crippen molar-refractivity contribution in [1.29, 1.82) is 0 Å². The average Bonchev–Trinajstić information content (AvgIpc) is 3.31. The van der Waals surface area contributed by atoms with Gasteiger partial charge in [0.1, 0.15) is 0 Å². The van der Waals surface area contributed by atoms with Gasteiger partial charge in [-0.2, -0.15) is 0 Å². The van der Waals surface area contributed by atoms with E-state index in [1.165, 1.54) is 11.8 Å². The molecular weight excluding hydrogens is 372 g/mol. The average molecular weight is 391 g/mol. The minimum absolute atomic E-state index is 0.0273. The van der Waals surface area contributed by atoms with Crippen LogP contribution in [0.15, 0.2) is 47.8 Å². The van der Waals surface area contributed by atoms with E-state index in [4.69, 9.17) is 16.3 Å². The van der Waals surface area contributed by atoms with E-state index in [2.05, 4.69) is 15.2 Å². The van der Waals surface area contributed by atoms with Gasteiger partial charge in [-0.3, -0.25) is 4.79 Å². The number of carbonyl (C=O) groups excluding carboxylic acids is 1. The van der Waals surface area contributed by atoms with Gasteiger partial charge >= 0.3 is 0 Å². The molecule has 3 aromatic rings. The number of halogens is 1. The minimum Gasteiger partial charge on any atom is -0.385 e. The molecule has 2 aromatic heterocycles. The first-order valence-corrected chi connectivity index (χ1v) is 9.53. The molecular formula is C18H19ClN4O2S. The lowest BCUT2D eigenvalue weighted by atomic mass is 10.2. The largest absolute Gasteiger partial charge is 0.385 e. The van der Waals surface area contributed by atoms with Crippen LogP contribution < -0.4 is 0 Å². The highest BCUT2D eigenvalue weighted by atomic mass is 35.5. The number of methoxy groups -OCH3 is 1. The van der Waals surface area contributed by atoms with E-state index in [1.807, 2.05) is 34.9 Å². The van der Waals surface area contributed by atoms with E-state index < -0.39 is 0 Å². The van der Waals surface area contributed by atoms with Gasteiger partial charge in [0.15, 0.2) is 16.8 Å². The van der Waals surface area contributed by atoms with Crippen LogP contribution in [0.5, 0.6) is 0 Å². The van der Waals surface area contributed by atoms with Gasteiger partial charge in [-0.05, 0) is 42.8 Å². The Balaban J connectivity index is 1.79. The van der Waals surface area contributed by atoms with Crippen molar-refractivity contribution in [2.24, 2.45) is 0 Å². The normalized spacial score (nSPS) is 11.0.